The minimum absolute atomic E-state index is 0.0164. The molecule has 0 aliphatic heterocycles. The van der Waals surface area contributed by atoms with Crippen molar-refractivity contribution in [2.75, 3.05) is 7.11 Å². The molecule has 0 aliphatic rings. The van der Waals surface area contributed by atoms with Gasteiger partial charge in [-0.25, -0.2) is 4.79 Å². The first-order chi connectivity index (χ1) is 7.17. The molecule has 0 saturated carbocycles. The molecule has 0 radical (unpaired) electrons. The molecule has 0 heterocycles. The van der Waals surface area contributed by atoms with Crippen LogP contribution in [0.25, 0.3) is 0 Å². The molecule has 0 saturated heterocycles. The van der Waals surface area contributed by atoms with Crippen LogP contribution < -0.4 is 11.1 Å². The van der Waals surface area contributed by atoms with Crippen molar-refractivity contribution in [3.05, 3.63) is 0 Å². The highest BCUT2D eigenvalue weighted by Gasteiger charge is 2.26. The SMILES string of the molecule is COC(=O)[C@@H](NC(=O)CC(C)(C)N)C(C)C. The van der Waals surface area contributed by atoms with E-state index in [1.165, 1.54) is 7.11 Å². The molecule has 5 heteroatoms. The zero-order chi connectivity index (χ0) is 12.9. The molecule has 5 nitrogen and oxygen atoms in total. The molecule has 0 aliphatic carbocycles. The van der Waals surface area contributed by atoms with E-state index in [0.717, 1.165) is 0 Å². The Morgan fingerprint density at radius 3 is 2.19 bits per heavy atom. The van der Waals surface area contributed by atoms with E-state index in [9.17, 15) is 9.59 Å². The Hall–Kier alpha value is -1.10. The van der Waals surface area contributed by atoms with E-state index >= 15 is 0 Å². The van der Waals surface area contributed by atoms with Crippen LogP contribution in [-0.2, 0) is 14.3 Å². The van der Waals surface area contributed by atoms with Crippen molar-refractivity contribution >= 4 is 11.9 Å². The summed E-state index contributed by atoms with van der Waals surface area (Å²) >= 11 is 0. The van der Waals surface area contributed by atoms with Crippen molar-refractivity contribution in [3.8, 4) is 0 Å². The summed E-state index contributed by atoms with van der Waals surface area (Å²) in [6.45, 7) is 7.20. The maximum absolute atomic E-state index is 11.6. The Morgan fingerprint density at radius 2 is 1.88 bits per heavy atom. The first-order valence-electron chi connectivity index (χ1n) is 5.33. The van der Waals surface area contributed by atoms with Gasteiger partial charge in [-0.15, -0.1) is 0 Å². The molecule has 0 bridgehead atoms. The highest BCUT2D eigenvalue weighted by Crippen LogP contribution is 2.07. The number of rotatable bonds is 5. The van der Waals surface area contributed by atoms with E-state index < -0.39 is 17.6 Å². The van der Waals surface area contributed by atoms with Crippen molar-refractivity contribution < 1.29 is 14.3 Å². The van der Waals surface area contributed by atoms with E-state index in [2.05, 4.69) is 10.1 Å². The van der Waals surface area contributed by atoms with Crippen molar-refractivity contribution in [3.63, 3.8) is 0 Å². The summed E-state index contributed by atoms with van der Waals surface area (Å²) in [5.74, 6) is -0.688. The second-order valence-corrected chi connectivity index (χ2v) is 4.98. The molecule has 0 aromatic carbocycles. The van der Waals surface area contributed by atoms with Gasteiger partial charge in [0.25, 0.3) is 0 Å². The standard InChI is InChI=1S/C11H22N2O3/c1-7(2)9(10(15)16-5)13-8(14)6-11(3,4)12/h7,9H,6,12H2,1-5H3,(H,13,14)/t9-/m0/s1. The highest BCUT2D eigenvalue weighted by atomic mass is 16.5. The Kier molecular flexibility index (Phi) is 5.44. The largest absolute Gasteiger partial charge is 0.467 e. The Labute approximate surface area is 96.7 Å². The van der Waals surface area contributed by atoms with Gasteiger partial charge in [-0.05, 0) is 19.8 Å². The molecule has 0 aromatic heterocycles. The van der Waals surface area contributed by atoms with Crippen LogP contribution in [0.5, 0.6) is 0 Å². The number of hydrogen-bond donors (Lipinski definition) is 2. The summed E-state index contributed by atoms with van der Waals surface area (Å²) < 4.78 is 4.62. The average Bonchev–Trinajstić information content (AvgIpc) is 2.09. The second kappa shape index (κ2) is 5.84. The minimum atomic E-state index is -0.611. The number of ether oxygens (including phenoxy) is 1. The number of nitrogens with one attached hydrogen (secondary N) is 1. The summed E-state index contributed by atoms with van der Waals surface area (Å²) in [6.07, 6.45) is 0.174. The van der Waals surface area contributed by atoms with Crippen LogP contribution >= 0.6 is 0 Å². The molecule has 16 heavy (non-hydrogen) atoms. The van der Waals surface area contributed by atoms with Crippen molar-refractivity contribution in [2.45, 2.75) is 45.7 Å². The third-order valence-corrected chi connectivity index (χ3v) is 2.05. The highest BCUT2D eigenvalue weighted by molar-refractivity contribution is 5.85. The fourth-order valence-electron chi connectivity index (χ4n) is 1.26. The minimum Gasteiger partial charge on any atom is -0.467 e. The molecule has 1 amide bonds. The number of hydrogen-bond acceptors (Lipinski definition) is 4. The van der Waals surface area contributed by atoms with Gasteiger partial charge < -0.3 is 15.8 Å². The normalized spacial score (nSPS) is 13.4. The summed E-state index contributed by atoms with van der Waals surface area (Å²) in [5, 5.41) is 2.63. The van der Waals surface area contributed by atoms with E-state index in [1.54, 1.807) is 13.8 Å². The van der Waals surface area contributed by atoms with Crippen molar-refractivity contribution in [2.24, 2.45) is 11.7 Å². The number of methoxy groups -OCH3 is 1. The topological polar surface area (TPSA) is 81.4 Å². The molecule has 94 valence electrons. The maximum Gasteiger partial charge on any atom is 0.328 e. The quantitative estimate of drug-likeness (QED) is 0.671. The monoisotopic (exact) mass is 230 g/mol. The summed E-state index contributed by atoms with van der Waals surface area (Å²) in [7, 11) is 1.30. The van der Waals surface area contributed by atoms with Crippen LogP contribution in [0.1, 0.15) is 34.1 Å². The summed E-state index contributed by atoms with van der Waals surface area (Å²) in [4.78, 5) is 23.0. The number of carbonyl (C=O) groups excluding carboxylic acids is 2. The Balaban J connectivity index is 4.42. The lowest BCUT2D eigenvalue weighted by atomic mass is 10.00. The molecular weight excluding hydrogens is 208 g/mol. The predicted molar refractivity (Wildman–Crippen MR) is 61.7 cm³/mol. The first-order valence-corrected chi connectivity index (χ1v) is 5.33. The van der Waals surface area contributed by atoms with Crippen LogP contribution in [-0.4, -0.2) is 30.6 Å². The van der Waals surface area contributed by atoms with E-state index in [4.69, 9.17) is 5.73 Å². The van der Waals surface area contributed by atoms with E-state index in [0.29, 0.717) is 0 Å². The fraction of sp³-hybridized carbons (Fsp3) is 0.818. The summed E-state index contributed by atoms with van der Waals surface area (Å²) in [5.41, 5.74) is 5.14. The molecule has 0 fully saturated rings. The fourth-order valence-corrected chi connectivity index (χ4v) is 1.26. The van der Waals surface area contributed by atoms with Gasteiger partial charge in [-0.2, -0.15) is 0 Å². The smallest absolute Gasteiger partial charge is 0.328 e. The molecular formula is C11H22N2O3. The number of carbonyl (C=O) groups is 2. The molecule has 1 atom stereocenters. The third kappa shape index (κ3) is 5.70. The summed E-state index contributed by atoms with van der Waals surface area (Å²) in [6, 6.07) is -0.611. The zero-order valence-corrected chi connectivity index (χ0v) is 10.7. The number of amides is 1. The van der Waals surface area contributed by atoms with Gasteiger partial charge in [-0.3, -0.25) is 4.79 Å². The van der Waals surface area contributed by atoms with Gasteiger partial charge in [0.2, 0.25) is 5.91 Å². The molecule has 3 N–H and O–H groups in total. The van der Waals surface area contributed by atoms with Crippen LogP contribution in [0.15, 0.2) is 0 Å². The lowest BCUT2D eigenvalue weighted by Crippen LogP contribution is -2.48. The second-order valence-electron chi connectivity index (χ2n) is 4.98. The van der Waals surface area contributed by atoms with Gasteiger partial charge >= 0.3 is 5.97 Å². The van der Waals surface area contributed by atoms with Crippen LogP contribution in [0, 0.1) is 5.92 Å². The van der Waals surface area contributed by atoms with Crippen LogP contribution in [0.3, 0.4) is 0 Å². The van der Waals surface area contributed by atoms with E-state index in [1.807, 2.05) is 13.8 Å². The first kappa shape index (κ1) is 14.9. The van der Waals surface area contributed by atoms with Crippen molar-refractivity contribution in [1.29, 1.82) is 0 Å². The van der Waals surface area contributed by atoms with E-state index in [-0.39, 0.29) is 18.2 Å². The third-order valence-electron chi connectivity index (χ3n) is 2.05. The van der Waals surface area contributed by atoms with Crippen LogP contribution in [0.4, 0.5) is 0 Å². The Morgan fingerprint density at radius 1 is 1.38 bits per heavy atom. The Bertz CT molecular complexity index is 256. The molecule has 0 aromatic rings. The number of esters is 1. The van der Waals surface area contributed by atoms with Gasteiger partial charge in [0, 0.05) is 12.0 Å². The van der Waals surface area contributed by atoms with Gasteiger partial charge in [-0.1, -0.05) is 13.8 Å². The maximum atomic E-state index is 11.6. The lowest BCUT2D eigenvalue weighted by Gasteiger charge is -2.23. The van der Waals surface area contributed by atoms with Crippen LogP contribution in [0.2, 0.25) is 0 Å². The lowest BCUT2D eigenvalue weighted by molar-refractivity contribution is -0.146. The zero-order valence-electron chi connectivity index (χ0n) is 10.7. The van der Waals surface area contributed by atoms with Gasteiger partial charge in [0.15, 0.2) is 0 Å². The number of nitrogens with two attached hydrogens (primary N) is 1. The molecule has 0 spiro atoms. The molecule has 0 rings (SSSR count). The average molecular weight is 230 g/mol. The molecule has 0 unspecified atom stereocenters. The van der Waals surface area contributed by atoms with Crippen molar-refractivity contribution in [1.82, 2.24) is 5.32 Å². The van der Waals surface area contributed by atoms with Gasteiger partial charge in [0.1, 0.15) is 6.04 Å². The predicted octanol–water partition coefficient (Wildman–Crippen LogP) is 0.428. The van der Waals surface area contributed by atoms with Gasteiger partial charge in [0.05, 0.1) is 7.11 Å².